The number of carbonyl (C=O) groups excluding carboxylic acids is 1. The molecule has 0 unspecified atom stereocenters. The minimum atomic E-state index is -0.238. The molecular weight excluding hydrogens is 382 g/mol. The van der Waals surface area contributed by atoms with Gasteiger partial charge in [0.2, 0.25) is 0 Å². The average molecular weight is 402 g/mol. The minimum absolute atomic E-state index is 0.103. The van der Waals surface area contributed by atoms with E-state index in [0.717, 1.165) is 21.2 Å². The molecule has 1 aromatic carbocycles. The third-order valence-electron chi connectivity index (χ3n) is 4.84. The van der Waals surface area contributed by atoms with Gasteiger partial charge in [0.05, 0.1) is 16.0 Å². The fourth-order valence-corrected chi connectivity index (χ4v) is 4.72. The van der Waals surface area contributed by atoms with Gasteiger partial charge in [-0.2, -0.15) is 0 Å². The Morgan fingerprint density at radius 3 is 2.93 bits per heavy atom. The number of halogens is 1. The third-order valence-corrected chi connectivity index (χ3v) is 6.45. The monoisotopic (exact) mass is 401 g/mol. The number of nitrogens with two attached hydrogens (primary N) is 1. The number of anilines is 1. The van der Waals surface area contributed by atoms with E-state index < -0.39 is 0 Å². The second-order valence-electron chi connectivity index (χ2n) is 6.90. The Kier molecular flexibility index (Phi) is 5.14. The molecule has 140 valence electrons. The van der Waals surface area contributed by atoms with Crippen LogP contribution in [0.3, 0.4) is 0 Å². The minimum Gasteiger partial charge on any atom is -0.390 e. The predicted molar refractivity (Wildman–Crippen MR) is 109 cm³/mol. The van der Waals surface area contributed by atoms with Crippen LogP contribution in [0.2, 0.25) is 5.02 Å². The molecule has 1 aliphatic heterocycles. The zero-order valence-electron chi connectivity index (χ0n) is 14.7. The van der Waals surface area contributed by atoms with E-state index in [-0.39, 0.29) is 11.9 Å². The first kappa shape index (κ1) is 18.4. The lowest BCUT2D eigenvalue weighted by Gasteiger charge is -2.35. The summed E-state index contributed by atoms with van der Waals surface area (Å²) in [5.41, 5.74) is 6.98. The van der Waals surface area contributed by atoms with Crippen molar-refractivity contribution in [2.75, 3.05) is 18.8 Å². The normalized spacial score (nSPS) is 15.2. The van der Waals surface area contributed by atoms with Crippen molar-refractivity contribution >= 4 is 45.3 Å². The van der Waals surface area contributed by atoms with E-state index in [0.29, 0.717) is 48.2 Å². The summed E-state index contributed by atoms with van der Waals surface area (Å²) < 4.78 is 0. The summed E-state index contributed by atoms with van der Waals surface area (Å²) in [4.78, 5) is 20.5. The van der Waals surface area contributed by atoms with E-state index in [1.165, 1.54) is 11.3 Å². The number of aryl methyl sites for hydroxylation is 1. The number of hydrogen-bond acceptors (Lipinski definition) is 6. The fraction of sp³-hybridized carbons (Fsp3) is 0.300. The lowest BCUT2D eigenvalue weighted by molar-refractivity contribution is -0.00228. The number of nitrogens with zero attached hydrogens (tertiary/aromatic N) is 2. The zero-order chi connectivity index (χ0) is 19.0. The van der Waals surface area contributed by atoms with E-state index in [9.17, 15) is 9.90 Å². The molecule has 2 aromatic heterocycles. The molecule has 0 spiro atoms. The number of pyridine rings is 1. The molecule has 7 heteroatoms. The second-order valence-corrected chi connectivity index (χ2v) is 8.45. The number of carbonyl (C=O) groups is 1. The van der Waals surface area contributed by atoms with Crippen molar-refractivity contribution in [3.63, 3.8) is 0 Å². The maximum atomic E-state index is 12.6. The summed E-state index contributed by atoms with van der Waals surface area (Å²) in [5.74, 6) is 0.622. The number of ketones is 1. The molecule has 3 aromatic rings. The summed E-state index contributed by atoms with van der Waals surface area (Å²) in [7, 11) is 0. The van der Waals surface area contributed by atoms with Crippen LogP contribution in [0.25, 0.3) is 10.8 Å². The van der Waals surface area contributed by atoms with Crippen LogP contribution in [0.4, 0.5) is 5.82 Å². The largest absolute Gasteiger partial charge is 0.390 e. The Morgan fingerprint density at radius 2 is 2.15 bits per heavy atom. The van der Waals surface area contributed by atoms with Gasteiger partial charge in [0.1, 0.15) is 5.82 Å². The van der Waals surface area contributed by atoms with Crippen LogP contribution in [-0.2, 0) is 13.0 Å². The quantitative estimate of drug-likeness (QED) is 0.618. The summed E-state index contributed by atoms with van der Waals surface area (Å²) in [5, 5.41) is 12.0. The summed E-state index contributed by atoms with van der Waals surface area (Å²) >= 11 is 7.76. The SMILES string of the molecule is Nc1nccc2cc(CCC(=O)c3cc(Cl)c(CN4CC(O)C4)s3)ccc12. The van der Waals surface area contributed by atoms with Crippen molar-refractivity contribution in [1.82, 2.24) is 9.88 Å². The van der Waals surface area contributed by atoms with Gasteiger partial charge in [-0.3, -0.25) is 9.69 Å². The maximum absolute atomic E-state index is 12.6. The number of nitrogen functional groups attached to an aromatic ring is 1. The smallest absolute Gasteiger partial charge is 0.173 e. The number of β-amino-alcohol motifs (C(OH)–C–C–N with tert-alkyl or cyclic N) is 1. The van der Waals surface area contributed by atoms with Crippen LogP contribution >= 0.6 is 22.9 Å². The Hall–Kier alpha value is -1.99. The molecule has 0 radical (unpaired) electrons. The highest BCUT2D eigenvalue weighted by molar-refractivity contribution is 7.14. The molecule has 3 heterocycles. The zero-order valence-corrected chi connectivity index (χ0v) is 16.3. The number of hydrogen-bond donors (Lipinski definition) is 2. The molecule has 0 saturated carbocycles. The highest BCUT2D eigenvalue weighted by atomic mass is 35.5. The molecule has 4 rings (SSSR count). The van der Waals surface area contributed by atoms with E-state index >= 15 is 0 Å². The topological polar surface area (TPSA) is 79.5 Å². The van der Waals surface area contributed by atoms with Gasteiger partial charge in [-0.1, -0.05) is 29.8 Å². The lowest BCUT2D eigenvalue weighted by Crippen LogP contribution is -2.49. The molecular formula is C20H20ClN3O2S. The standard InChI is InChI=1S/C20H20ClN3O2S/c21-16-8-18(27-19(16)11-24-9-14(25)10-24)17(26)4-2-12-1-3-15-13(7-12)5-6-23-20(15)22/h1,3,5-8,14,25H,2,4,9-11H2,(H2,22,23). The van der Waals surface area contributed by atoms with E-state index in [1.54, 1.807) is 12.3 Å². The molecule has 1 fully saturated rings. The van der Waals surface area contributed by atoms with E-state index in [2.05, 4.69) is 16.0 Å². The van der Waals surface area contributed by atoms with Crippen molar-refractivity contribution < 1.29 is 9.90 Å². The van der Waals surface area contributed by atoms with Crippen molar-refractivity contribution in [2.45, 2.75) is 25.5 Å². The molecule has 27 heavy (non-hydrogen) atoms. The molecule has 0 bridgehead atoms. The van der Waals surface area contributed by atoms with Crippen LogP contribution in [-0.4, -0.2) is 40.0 Å². The second kappa shape index (κ2) is 7.56. The summed E-state index contributed by atoms with van der Waals surface area (Å²) in [6.45, 7) is 2.02. The van der Waals surface area contributed by atoms with Gasteiger partial charge >= 0.3 is 0 Å². The van der Waals surface area contributed by atoms with Gasteiger partial charge in [-0.15, -0.1) is 11.3 Å². The fourth-order valence-electron chi connectivity index (χ4n) is 3.31. The highest BCUT2D eigenvalue weighted by Crippen LogP contribution is 2.30. The molecule has 1 saturated heterocycles. The van der Waals surface area contributed by atoms with Gasteiger partial charge in [0.15, 0.2) is 5.78 Å². The number of Topliss-reactive ketones (excluding diaryl/α,β-unsaturated/α-hetero) is 1. The van der Waals surface area contributed by atoms with E-state index in [4.69, 9.17) is 17.3 Å². The van der Waals surface area contributed by atoms with Crippen LogP contribution in [0.1, 0.15) is 26.5 Å². The number of aromatic nitrogens is 1. The van der Waals surface area contributed by atoms with Gasteiger partial charge in [0, 0.05) is 42.5 Å². The number of thiophene rings is 1. The van der Waals surface area contributed by atoms with Gasteiger partial charge < -0.3 is 10.8 Å². The van der Waals surface area contributed by atoms with Crippen molar-refractivity contribution in [3.05, 3.63) is 56.9 Å². The van der Waals surface area contributed by atoms with Gasteiger partial charge in [0.25, 0.3) is 0 Å². The molecule has 5 nitrogen and oxygen atoms in total. The van der Waals surface area contributed by atoms with Crippen molar-refractivity contribution in [1.29, 1.82) is 0 Å². The van der Waals surface area contributed by atoms with Crippen LogP contribution in [0, 0.1) is 0 Å². The Balaban J connectivity index is 1.40. The molecule has 0 amide bonds. The third kappa shape index (κ3) is 3.99. The molecule has 0 atom stereocenters. The number of benzene rings is 1. The number of aliphatic hydroxyl groups is 1. The number of fused-ring (bicyclic) bond motifs is 1. The Bertz CT molecular complexity index is 998. The predicted octanol–water partition coefficient (Wildman–Crippen LogP) is 3.52. The first-order chi connectivity index (χ1) is 13.0. The van der Waals surface area contributed by atoms with Crippen LogP contribution < -0.4 is 5.73 Å². The highest BCUT2D eigenvalue weighted by Gasteiger charge is 2.26. The summed E-state index contributed by atoms with van der Waals surface area (Å²) in [6.07, 6.45) is 2.56. The average Bonchev–Trinajstić information content (AvgIpc) is 2.99. The van der Waals surface area contributed by atoms with Crippen LogP contribution in [0.15, 0.2) is 36.5 Å². The molecule has 3 N–H and O–H groups in total. The Morgan fingerprint density at radius 1 is 1.33 bits per heavy atom. The maximum Gasteiger partial charge on any atom is 0.173 e. The van der Waals surface area contributed by atoms with Gasteiger partial charge in [-0.25, -0.2) is 4.98 Å². The number of rotatable bonds is 6. The number of likely N-dealkylation sites (tertiary alicyclic amines) is 1. The Labute approximate surface area is 166 Å². The first-order valence-electron chi connectivity index (χ1n) is 8.84. The summed E-state index contributed by atoms with van der Waals surface area (Å²) in [6, 6.07) is 9.71. The van der Waals surface area contributed by atoms with Gasteiger partial charge in [-0.05, 0) is 29.5 Å². The number of aliphatic hydroxyl groups excluding tert-OH is 1. The van der Waals surface area contributed by atoms with Crippen molar-refractivity contribution in [2.24, 2.45) is 0 Å². The lowest BCUT2D eigenvalue weighted by atomic mass is 10.0. The van der Waals surface area contributed by atoms with Crippen molar-refractivity contribution in [3.8, 4) is 0 Å². The molecule has 1 aliphatic rings. The van der Waals surface area contributed by atoms with Crippen LogP contribution in [0.5, 0.6) is 0 Å². The van der Waals surface area contributed by atoms with E-state index in [1.807, 2.05) is 18.2 Å². The molecule has 0 aliphatic carbocycles. The first-order valence-corrected chi connectivity index (χ1v) is 10.0.